The second-order valence-electron chi connectivity index (χ2n) is 7.15. The highest BCUT2D eigenvalue weighted by Crippen LogP contribution is 2.22. The molecule has 0 bridgehead atoms. The van der Waals surface area contributed by atoms with Crippen LogP contribution in [0.4, 0.5) is 15.8 Å². The van der Waals surface area contributed by atoms with Crippen LogP contribution in [-0.4, -0.2) is 16.8 Å². The van der Waals surface area contributed by atoms with Crippen LogP contribution in [0.1, 0.15) is 37.0 Å². The van der Waals surface area contributed by atoms with Crippen molar-refractivity contribution in [3.8, 4) is 0 Å². The molecule has 0 fully saturated rings. The summed E-state index contributed by atoms with van der Waals surface area (Å²) in [6.07, 6.45) is 0.318. The molecular formula is C25H20FN3O2S. The number of carbonyl (C=O) groups excluding carboxylic acids is 2. The molecule has 0 atom stereocenters. The molecule has 4 aromatic rings. The van der Waals surface area contributed by atoms with Crippen LogP contribution < -0.4 is 10.6 Å². The summed E-state index contributed by atoms with van der Waals surface area (Å²) in [6.45, 7) is 1.78. The van der Waals surface area contributed by atoms with Gasteiger partial charge < -0.3 is 10.6 Å². The van der Waals surface area contributed by atoms with Gasteiger partial charge in [0.25, 0.3) is 11.8 Å². The van der Waals surface area contributed by atoms with Crippen LogP contribution in [0.2, 0.25) is 0 Å². The van der Waals surface area contributed by atoms with Crippen molar-refractivity contribution in [2.75, 3.05) is 10.6 Å². The van der Waals surface area contributed by atoms with E-state index in [9.17, 15) is 14.0 Å². The zero-order valence-electron chi connectivity index (χ0n) is 17.3. The van der Waals surface area contributed by atoms with E-state index in [-0.39, 0.29) is 23.3 Å². The molecule has 4 rings (SSSR count). The van der Waals surface area contributed by atoms with Crippen molar-refractivity contribution in [1.29, 1.82) is 0 Å². The van der Waals surface area contributed by atoms with Crippen molar-refractivity contribution in [3.05, 3.63) is 111 Å². The molecule has 3 aromatic carbocycles. The van der Waals surface area contributed by atoms with Gasteiger partial charge in [-0.15, -0.1) is 11.3 Å². The third-order valence-corrected chi connectivity index (χ3v) is 5.79. The Hall–Kier alpha value is -3.84. The van der Waals surface area contributed by atoms with Gasteiger partial charge in [0.2, 0.25) is 0 Å². The number of carbonyl (C=O) groups is 2. The van der Waals surface area contributed by atoms with E-state index in [4.69, 9.17) is 0 Å². The lowest BCUT2D eigenvalue weighted by Crippen LogP contribution is -2.17. The first kappa shape index (κ1) is 21.4. The fourth-order valence-corrected chi connectivity index (χ4v) is 4.02. The zero-order valence-corrected chi connectivity index (χ0v) is 18.1. The number of nitrogens with one attached hydrogen (secondary N) is 2. The number of hydrogen-bond donors (Lipinski definition) is 2. The van der Waals surface area contributed by atoms with Gasteiger partial charge in [-0.25, -0.2) is 9.37 Å². The standard InChI is InChI=1S/C25H20FN3O2S/c1-16-19(24(30)27-18-9-3-2-4-10-18)11-7-13-21(16)29-25(31)22-15-32-23(28-22)14-17-8-5-6-12-20(17)26/h2-13,15H,14H2,1H3,(H,27,30)(H,29,31). The third-order valence-electron chi connectivity index (χ3n) is 4.94. The fraction of sp³-hybridized carbons (Fsp3) is 0.0800. The van der Waals surface area contributed by atoms with E-state index in [1.54, 1.807) is 60.8 Å². The topological polar surface area (TPSA) is 71.1 Å². The predicted molar refractivity (Wildman–Crippen MR) is 125 cm³/mol. The number of aromatic nitrogens is 1. The number of hydrogen-bond acceptors (Lipinski definition) is 4. The molecule has 5 nitrogen and oxygen atoms in total. The Morgan fingerprint density at radius 3 is 2.44 bits per heavy atom. The first-order valence-electron chi connectivity index (χ1n) is 9.96. The van der Waals surface area contributed by atoms with Crippen molar-refractivity contribution < 1.29 is 14.0 Å². The van der Waals surface area contributed by atoms with Gasteiger partial charge in [0.05, 0.1) is 5.01 Å². The quantitative estimate of drug-likeness (QED) is 0.401. The summed E-state index contributed by atoms with van der Waals surface area (Å²) in [7, 11) is 0. The summed E-state index contributed by atoms with van der Waals surface area (Å²) in [5.74, 6) is -0.940. The van der Waals surface area contributed by atoms with Crippen LogP contribution in [0.15, 0.2) is 78.2 Å². The fourth-order valence-electron chi connectivity index (χ4n) is 3.22. The maximum atomic E-state index is 13.9. The van der Waals surface area contributed by atoms with E-state index < -0.39 is 0 Å². The molecule has 7 heteroatoms. The van der Waals surface area contributed by atoms with Gasteiger partial charge in [0, 0.05) is 28.7 Å². The molecule has 1 aromatic heterocycles. The minimum Gasteiger partial charge on any atom is -0.322 e. The monoisotopic (exact) mass is 445 g/mol. The molecule has 0 aliphatic heterocycles. The van der Waals surface area contributed by atoms with Gasteiger partial charge in [0.15, 0.2) is 0 Å². The van der Waals surface area contributed by atoms with E-state index >= 15 is 0 Å². The summed E-state index contributed by atoms with van der Waals surface area (Å²) in [4.78, 5) is 29.8. The second kappa shape index (κ2) is 9.53. The normalized spacial score (nSPS) is 10.6. The molecule has 0 unspecified atom stereocenters. The lowest BCUT2D eigenvalue weighted by atomic mass is 10.1. The molecule has 2 amide bonds. The van der Waals surface area contributed by atoms with E-state index in [0.29, 0.717) is 39.5 Å². The number of thiazole rings is 1. The van der Waals surface area contributed by atoms with Crippen molar-refractivity contribution in [1.82, 2.24) is 4.98 Å². The summed E-state index contributed by atoms with van der Waals surface area (Å²) in [5.41, 5.74) is 3.11. The third kappa shape index (κ3) is 4.90. The molecule has 0 saturated heterocycles. The molecular weight excluding hydrogens is 425 g/mol. The van der Waals surface area contributed by atoms with Crippen molar-refractivity contribution in [3.63, 3.8) is 0 Å². The Morgan fingerprint density at radius 2 is 1.66 bits per heavy atom. The van der Waals surface area contributed by atoms with Crippen molar-refractivity contribution >= 4 is 34.5 Å². The van der Waals surface area contributed by atoms with Gasteiger partial charge in [-0.2, -0.15) is 0 Å². The Morgan fingerprint density at radius 1 is 0.906 bits per heavy atom. The smallest absolute Gasteiger partial charge is 0.275 e. The highest BCUT2D eigenvalue weighted by Gasteiger charge is 2.16. The Bertz CT molecular complexity index is 1270. The SMILES string of the molecule is Cc1c(NC(=O)c2csc(Cc3ccccc3F)n2)cccc1C(=O)Nc1ccccc1. The Labute approximate surface area is 189 Å². The largest absolute Gasteiger partial charge is 0.322 e. The lowest BCUT2D eigenvalue weighted by molar-refractivity contribution is 0.101. The summed E-state index contributed by atoms with van der Waals surface area (Å²) in [6, 6.07) is 20.8. The van der Waals surface area contributed by atoms with Gasteiger partial charge in [-0.1, -0.05) is 42.5 Å². The van der Waals surface area contributed by atoms with Crippen LogP contribution >= 0.6 is 11.3 Å². The lowest BCUT2D eigenvalue weighted by Gasteiger charge is -2.12. The zero-order chi connectivity index (χ0) is 22.5. The van der Waals surface area contributed by atoms with Gasteiger partial charge in [-0.05, 0) is 48.4 Å². The number of amides is 2. The average Bonchev–Trinajstić information content (AvgIpc) is 3.26. The van der Waals surface area contributed by atoms with E-state index in [2.05, 4.69) is 15.6 Å². The van der Waals surface area contributed by atoms with Gasteiger partial charge in [-0.3, -0.25) is 9.59 Å². The van der Waals surface area contributed by atoms with E-state index in [1.165, 1.54) is 17.4 Å². The average molecular weight is 446 g/mol. The molecule has 32 heavy (non-hydrogen) atoms. The van der Waals surface area contributed by atoms with Gasteiger partial charge in [0.1, 0.15) is 11.5 Å². The molecule has 1 heterocycles. The first-order valence-corrected chi connectivity index (χ1v) is 10.8. The Balaban J connectivity index is 1.47. The van der Waals surface area contributed by atoms with Gasteiger partial charge >= 0.3 is 0 Å². The molecule has 160 valence electrons. The minimum atomic E-state index is -0.384. The predicted octanol–water partition coefficient (Wildman–Crippen LogP) is 5.69. The number of rotatable bonds is 6. The highest BCUT2D eigenvalue weighted by molar-refractivity contribution is 7.09. The highest BCUT2D eigenvalue weighted by atomic mass is 32.1. The summed E-state index contributed by atoms with van der Waals surface area (Å²) in [5, 5.41) is 7.97. The number of halogens is 1. The molecule has 2 N–H and O–H groups in total. The molecule has 0 radical (unpaired) electrons. The Kier molecular flexibility index (Phi) is 6.37. The summed E-state index contributed by atoms with van der Waals surface area (Å²) >= 11 is 1.30. The summed E-state index contributed by atoms with van der Waals surface area (Å²) < 4.78 is 13.9. The first-order chi connectivity index (χ1) is 15.5. The molecule has 0 saturated carbocycles. The maximum Gasteiger partial charge on any atom is 0.275 e. The van der Waals surface area contributed by atoms with Crippen LogP contribution in [0.25, 0.3) is 0 Å². The van der Waals surface area contributed by atoms with Crippen molar-refractivity contribution in [2.45, 2.75) is 13.3 Å². The molecule has 0 aliphatic rings. The molecule has 0 spiro atoms. The van der Waals surface area contributed by atoms with Crippen LogP contribution in [-0.2, 0) is 6.42 Å². The minimum absolute atomic E-state index is 0.250. The van der Waals surface area contributed by atoms with Crippen LogP contribution in [0.5, 0.6) is 0 Å². The number of nitrogens with zero attached hydrogens (tertiary/aromatic N) is 1. The maximum absolute atomic E-state index is 13.9. The van der Waals surface area contributed by atoms with E-state index in [1.807, 2.05) is 18.2 Å². The number of benzene rings is 3. The van der Waals surface area contributed by atoms with E-state index in [0.717, 1.165) is 0 Å². The van der Waals surface area contributed by atoms with Crippen LogP contribution in [0, 0.1) is 12.7 Å². The van der Waals surface area contributed by atoms with Crippen LogP contribution in [0.3, 0.4) is 0 Å². The molecule has 0 aliphatic carbocycles. The number of anilines is 2. The number of para-hydroxylation sites is 1. The second-order valence-corrected chi connectivity index (χ2v) is 8.09. The van der Waals surface area contributed by atoms with Crippen molar-refractivity contribution in [2.24, 2.45) is 0 Å².